The van der Waals surface area contributed by atoms with Gasteiger partial charge in [0.05, 0.1) is 0 Å². The highest BCUT2D eigenvalue weighted by Crippen LogP contribution is 2.14. The van der Waals surface area contributed by atoms with E-state index in [0.29, 0.717) is 6.54 Å². The van der Waals surface area contributed by atoms with Crippen molar-refractivity contribution < 1.29 is 9.53 Å². The minimum Gasteiger partial charge on any atom is -0.444 e. The smallest absolute Gasteiger partial charge is 0.410 e. The summed E-state index contributed by atoms with van der Waals surface area (Å²) in [6.45, 7) is 13.6. The Hall–Kier alpha value is -0.810. The van der Waals surface area contributed by atoms with Crippen molar-refractivity contribution in [2.75, 3.05) is 46.3 Å². The van der Waals surface area contributed by atoms with Gasteiger partial charge in [-0.15, -0.1) is 0 Å². The number of hydrogen-bond donors (Lipinski definition) is 1. The summed E-state index contributed by atoms with van der Waals surface area (Å²) in [5, 5.41) is 3.54. The van der Waals surface area contributed by atoms with E-state index in [-0.39, 0.29) is 6.09 Å². The van der Waals surface area contributed by atoms with Crippen LogP contribution in [0, 0.1) is 5.92 Å². The highest BCUT2D eigenvalue weighted by atomic mass is 16.6. The lowest BCUT2D eigenvalue weighted by molar-refractivity contribution is 0.0258. The van der Waals surface area contributed by atoms with E-state index in [2.05, 4.69) is 17.3 Å². The van der Waals surface area contributed by atoms with Crippen molar-refractivity contribution in [1.82, 2.24) is 15.1 Å². The van der Waals surface area contributed by atoms with Gasteiger partial charge in [-0.2, -0.15) is 0 Å². The molecule has 1 N–H and O–H groups in total. The predicted octanol–water partition coefficient (Wildman–Crippen LogP) is 2.56. The van der Waals surface area contributed by atoms with Gasteiger partial charge >= 0.3 is 6.09 Å². The van der Waals surface area contributed by atoms with Crippen LogP contribution in [0.2, 0.25) is 0 Å². The number of hydrogen-bond acceptors (Lipinski definition) is 4. The van der Waals surface area contributed by atoms with Crippen molar-refractivity contribution in [2.24, 2.45) is 5.92 Å². The maximum absolute atomic E-state index is 12.0. The Morgan fingerprint density at radius 3 is 2.73 bits per heavy atom. The summed E-state index contributed by atoms with van der Waals surface area (Å²) in [4.78, 5) is 16.2. The Labute approximate surface area is 136 Å². The molecule has 1 aliphatic rings. The Kier molecular flexibility index (Phi) is 8.18. The predicted molar refractivity (Wildman–Crippen MR) is 91.2 cm³/mol. The van der Waals surface area contributed by atoms with Crippen molar-refractivity contribution in [3.05, 3.63) is 0 Å². The lowest BCUT2D eigenvalue weighted by Gasteiger charge is -2.30. The number of ether oxygens (including phenoxy) is 1. The molecular formula is C17H35N3O2. The van der Waals surface area contributed by atoms with E-state index < -0.39 is 5.60 Å². The summed E-state index contributed by atoms with van der Waals surface area (Å²) in [7, 11) is 2.20. The summed E-state index contributed by atoms with van der Waals surface area (Å²) >= 11 is 0. The van der Waals surface area contributed by atoms with E-state index in [1.807, 2.05) is 27.7 Å². The second-order valence-electron chi connectivity index (χ2n) is 7.39. The van der Waals surface area contributed by atoms with Gasteiger partial charge in [0.15, 0.2) is 0 Å². The molecule has 130 valence electrons. The van der Waals surface area contributed by atoms with Crippen molar-refractivity contribution in [3.8, 4) is 0 Å². The first kappa shape index (κ1) is 19.2. The Morgan fingerprint density at radius 1 is 1.41 bits per heavy atom. The molecule has 5 nitrogen and oxygen atoms in total. The van der Waals surface area contributed by atoms with Gasteiger partial charge in [0.2, 0.25) is 0 Å². The molecule has 0 spiro atoms. The van der Waals surface area contributed by atoms with E-state index in [1.54, 1.807) is 4.90 Å². The van der Waals surface area contributed by atoms with Crippen molar-refractivity contribution in [1.29, 1.82) is 0 Å². The first-order valence-corrected chi connectivity index (χ1v) is 8.69. The highest BCUT2D eigenvalue weighted by molar-refractivity contribution is 5.68. The summed E-state index contributed by atoms with van der Waals surface area (Å²) in [5.41, 5.74) is -0.421. The van der Waals surface area contributed by atoms with E-state index in [4.69, 9.17) is 4.74 Å². The minimum atomic E-state index is -0.421. The molecule has 0 saturated carbocycles. The van der Waals surface area contributed by atoms with Crippen LogP contribution < -0.4 is 5.32 Å². The topological polar surface area (TPSA) is 44.8 Å². The lowest BCUT2D eigenvalue weighted by atomic mass is 9.98. The van der Waals surface area contributed by atoms with E-state index in [9.17, 15) is 4.79 Å². The lowest BCUT2D eigenvalue weighted by Crippen LogP contribution is -2.39. The highest BCUT2D eigenvalue weighted by Gasteiger charge is 2.20. The van der Waals surface area contributed by atoms with Crippen LogP contribution in [-0.4, -0.2) is 67.8 Å². The third-order valence-corrected chi connectivity index (χ3v) is 3.97. The number of piperidine rings is 1. The molecule has 0 aromatic heterocycles. The number of carbonyl (C=O) groups is 1. The minimum absolute atomic E-state index is 0.205. The number of rotatable bonds is 7. The van der Waals surface area contributed by atoms with Crippen LogP contribution >= 0.6 is 0 Å². The van der Waals surface area contributed by atoms with Gasteiger partial charge in [0.25, 0.3) is 0 Å². The SMILES string of the molecule is CCN(CCCNCC1CCCN(C)C1)C(=O)OC(C)(C)C. The summed E-state index contributed by atoms with van der Waals surface area (Å²) in [5.74, 6) is 0.770. The molecule has 1 aliphatic heterocycles. The van der Waals surface area contributed by atoms with Crippen LogP contribution in [0.3, 0.4) is 0 Å². The quantitative estimate of drug-likeness (QED) is 0.734. The Balaban J connectivity index is 2.15. The van der Waals surface area contributed by atoms with Crippen LogP contribution in [-0.2, 0) is 4.74 Å². The molecule has 1 heterocycles. The monoisotopic (exact) mass is 313 g/mol. The van der Waals surface area contributed by atoms with E-state index in [1.165, 1.54) is 25.9 Å². The van der Waals surface area contributed by atoms with Crippen LogP contribution in [0.1, 0.15) is 47.0 Å². The number of amides is 1. The van der Waals surface area contributed by atoms with Gasteiger partial charge in [-0.25, -0.2) is 4.79 Å². The van der Waals surface area contributed by atoms with Gasteiger partial charge in [-0.05, 0) is 79.6 Å². The molecular weight excluding hydrogens is 278 g/mol. The fourth-order valence-corrected chi connectivity index (χ4v) is 2.85. The summed E-state index contributed by atoms with van der Waals surface area (Å²) in [6.07, 6.45) is 3.40. The average Bonchev–Trinajstić information content (AvgIpc) is 2.40. The molecule has 1 amide bonds. The van der Waals surface area contributed by atoms with E-state index >= 15 is 0 Å². The molecule has 1 fully saturated rings. The van der Waals surface area contributed by atoms with Crippen molar-refractivity contribution in [3.63, 3.8) is 0 Å². The fraction of sp³-hybridized carbons (Fsp3) is 0.941. The fourth-order valence-electron chi connectivity index (χ4n) is 2.85. The van der Waals surface area contributed by atoms with E-state index in [0.717, 1.165) is 32.0 Å². The normalized spacial score (nSPS) is 20.0. The maximum Gasteiger partial charge on any atom is 0.410 e. The largest absolute Gasteiger partial charge is 0.444 e. The maximum atomic E-state index is 12.0. The Morgan fingerprint density at radius 2 is 2.14 bits per heavy atom. The molecule has 0 radical (unpaired) electrons. The number of carbonyl (C=O) groups excluding carboxylic acids is 1. The molecule has 1 atom stereocenters. The summed E-state index contributed by atoms with van der Waals surface area (Å²) < 4.78 is 5.42. The first-order chi connectivity index (χ1) is 10.3. The second kappa shape index (κ2) is 9.36. The Bertz CT molecular complexity index is 328. The molecule has 0 aromatic carbocycles. The van der Waals surface area contributed by atoms with Crippen molar-refractivity contribution in [2.45, 2.75) is 52.6 Å². The van der Waals surface area contributed by atoms with Crippen LogP contribution in [0.15, 0.2) is 0 Å². The van der Waals surface area contributed by atoms with Gasteiger partial charge in [0, 0.05) is 19.6 Å². The standard InChI is InChI=1S/C17H35N3O2/c1-6-20(16(21)22-17(2,3)4)12-8-10-18-13-15-9-7-11-19(5)14-15/h15,18H,6-14H2,1-5H3. The molecule has 0 bridgehead atoms. The van der Waals surface area contributed by atoms with Crippen molar-refractivity contribution >= 4 is 6.09 Å². The third kappa shape index (κ3) is 7.99. The zero-order valence-electron chi connectivity index (χ0n) is 15.2. The third-order valence-electron chi connectivity index (χ3n) is 3.97. The number of likely N-dealkylation sites (tertiary alicyclic amines) is 1. The second-order valence-corrected chi connectivity index (χ2v) is 7.39. The average molecular weight is 313 g/mol. The molecule has 0 aromatic rings. The van der Waals surface area contributed by atoms with Gasteiger partial charge in [-0.1, -0.05) is 0 Å². The molecule has 1 saturated heterocycles. The van der Waals surface area contributed by atoms with Gasteiger partial charge < -0.3 is 19.9 Å². The zero-order valence-corrected chi connectivity index (χ0v) is 15.2. The van der Waals surface area contributed by atoms with Crippen LogP contribution in [0.5, 0.6) is 0 Å². The molecule has 1 unspecified atom stereocenters. The van der Waals surface area contributed by atoms with Crippen LogP contribution in [0.4, 0.5) is 4.79 Å². The number of nitrogens with one attached hydrogen (secondary N) is 1. The zero-order chi connectivity index (χ0) is 16.6. The first-order valence-electron chi connectivity index (χ1n) is 8.69. The summed E-state index contributed by atoms with van der Waals surface area (Å²) in [6, 6.07) is 0. The molecule has 5 heteroatoms. The number of nitrogens with zero attached hydrogens (tertiary/aromatic N) is 2. The molecule has 0 aliphatic carbocycles. The van der Waals surface area contributed by atoms with Gasteiger partial charge in [-0.3, -0.25) is 0 Å². The molecule has 22 heavy (non-hydrogen) atoms. The van der Waals surface area contributed by atoms with Crippen LogP contribution in [0.25, 0.3) is 0 Å². The molecule has 1 rings (SSSR count). The van der Waals surface area contributed by atoms with Gasteiger partial charge in [0.1, 0.15) is 5.60 Å².